The molecule has 1 aromatic rings. The van der Waals surface area contributed by atoms with Gasteiger partial charge in [-0.05, 0) is 39.7 Å². The maximum atomic E-state index is 10.5. The number of piperidine rings is 1. The fourth-order valence-electron chi connectivity index (χ4n) is 2.34. The van der Waals surface area contributed by atoms with Crippen LogP contribution < -0.4 is 5.32 Å². The van der Waals surface area contributed by atoms with E-state index in [4.69, 9.17) is 9.26 Å². The van der Waals surface area contributed by atoms with Gasteiger partial charge in [-0.3, -0.25) is 0 Å². The molecule has 0 amide bonds. The average Bonchev–Trinajstić information content (AvgIpc) is 2.91. The molecule has 0 saturated carbocycles. The molecule has 1 saturated heterocycles. The van der Waals surface area contributed by atoms with Crippen molar-refractivity contribution in [2.45, 2.75) is 51.2 Å². The summed E-state index contributed by atoms with van der Waals surface area (Å²) in [5.41, 5.74) is -1.61. The second-order valence-electron chi connectivity index (χ2n) is 5.25. The molecule has 2 N–H and O–H groups in total. The van der Waals surface area contributed by atoms with Gasteiger partial charge in [0.1, 0.15) is 5.60 Å². The molecule has 108 valence electrons. The van der Waals surface area contributed by atoms with Gasteiger partial charge in [-0.15, -0.1) is 0 Å². The van der Waals surface area contributed by atoms with Gasteiger partial charge in [-0.2, -0.15) is 4.98 Å². The maximum Gasteiger partial charge on any atom is 0.260 e. The van der Waals surface area contributed by atoms with E-state index >= 15 is 0 Å². The molecular formula is C13H23N3O3. The molecule has 1 aromatic heterocycles. The number of ether oxygens (including phenoxy) is 1. The zero-order chi connectivity index (χ0) is 13.9. The molecular weight excluding hydrogens is 246 g/mol. The second-order valence-corrected chi connectivity index (χ2v) is 5.25. The average molecular weight is 269 g/mol. The minimum Gasteiger partial charge on any atom is -0.379 e. The molecule has 2 rings (SSSR count). The Balaban J connectivity index is 2.22. The smallest absolute Gasteiger partial charge is 0.260 e. The summed E-state index contributed by atoms with van der Waals surface area (Å²) in [6, 6.07) is 0. The summed E-state index contributed by atoms with van der Waals surface area (Å²) in [7, 11) is 0. The Bertz CT molecular complexity index is 391. The third-order valence-corrected chi connectivity index (χ3v) is 3.80. The number of aliphatic hydroxyl groups is 1. The van der Waals surface area contributed by atoms with Gasteiger partial charge in [0.05, 0.1) is 0 Å². The van der Waals surface area contributed by atoms with E-state index < -0.39 is 11.2 Å². The molecule has 1 aliphatic rings. The Kier molecular flexibility index (Phi) is 4.23. The Morgan fingerprint density at radius 1 is 1.53 bits per heavy atom. The molecule has 6 heteroatoms. The summed E-state index contributed by atoms with van der Waals surface area (Å²) in [4.78, 5) is 4.37. The Morgan fingerprint density at radius 2 is 2.32 bits per heavy atom. The highest BCUT2D eigenvalue weighted by Crippen LogP contribution is 2.31. The quantitative estimate of drug-likeness (QED) is 0.838. The number of nitrogens with zero attached hydrogens (tertiary/aromatic N) is 2. The number of rotatable bonds is 5. The highest BCUT2D eigenvalue weighted by atomic mass is 16.5. The van der Waals surface area contributed by atoms with Crippen LogP contribution in [0.3, 0.4) is 0 Å². The molecule has 0 aliphatic carbocycles. The van der Waals surface area contributed by atoms with Gasteiger partial charge in [0.25, 0.3) is 5.89 Å². The second kappa shape index (κ2) is 5.56. The van der Waals surface area contributed by atoms with Crippen LogP contribution in [0.4, 0.5) is 0 Å². The molecule has 2 unspecified atom stereocenters. The first-order chi connectivity index (χ1) is 9.04. The zero-order valence-electron chi connectivity index (χ0n) is 11.9. The largest absolute Gasteiger partial charge is 0.379 e. The molecule has 1 aliphatic heterocycles. The van der Waals surface area contributed by atoms with Crippen LogP contribution in [0.1, 0.15) is 51.7 Å². The van der Waals surface area contributed by atoms with Crippen molar-refractivity contribution in [3.05, 3.63) is 11.7 Å². The standard InChI is InChI=1S/C13H23N3O3/c1-4-12(3,18-5-2)10-15-11(19-16-10)13(17)7-6-8-14-9-13/h14,17H,4-9H2,1-3H3. The molecule has 6 nitrogen and oxygen atoms in total. The third-order valence-electron chi connectivity index (χ3n) is 3.80. The van der Waals surface area contributed by atoms with Gasteiger partial charge >= 0.3 is 0 Å². The Labute approximate surface area is 113 Å². The van der Waals surface area contributed by atoms with Crippen molar-refractivity contribution < 1.29 is 14.4 Å². The highest BCUT2D eigenvalue weighted by Gasteiger charge is 2.39. The summed E-state index contributed by atoms with van der Waals surface area (Å²) in [6.07, 6.45) is 2.28. The normalized spacial score (nSPS) is 27.2. The van der Waals surface area contributed by atoms with Crippen molar-refractivity contribution >= 4 is 0 Å². The summed E-state index contributed by atoms with van der Waals surface area (Å²) >= 11 is 0. The molecule has 2 heterocycles. The zero-order valence-corrected chi connectivity index (χ0v) is 11.9. The van der Waals surface area contributed by atoms with Gasteiger partial charge < -0.3 is 19.7 Å². The van der Waals surface area contributed by atoms with Crippen LogP contribution in [-0.4, -0.2) is 34.9 Å². The van der Waals surface area contributed by atoms with Crippen LogP contribution >= 0.6 is 0 Å². The van der Waals surface area contributed by atoms with Crippen molar-refractivity contribution in [1.29, 1.82) is 0 Å². The minimum atomic E-state index is -1.05. The number of β-amino-alcohol motifs (C(OH)–C–C–N with tert-alkyl or cyclic N) is 1. The SMILES string of the molecule is CCOC(C)(CC)c1noc(C2(O)CCCNC2)n1. The fraction of sp³-hybridized carbons (Fsp3) is 0.846. The van der Waals surface area contributed by atoms with Crippen molar-refractivity contribution in [3.8, 4) is 0 Å². The van der Waals surface area contributed by atoms with Gasteiger partial charge in [0, 0.05) is 13.2 Å². The van der Waals surface area contributed by atoms with Crippen LogP contribution in [0, 0.1) is 0 Å². The van der Waals surface area contributed by atoms with Crippen LogP contribution in [0.5, 0.6) is 0 Å². The van der Waals surface area contributed by atoms with E-state index in [1.165, 1.54) is 0 Å². The minimum absolute atomic E-state index is 0.286. The fourth-order valence-corrected chi connectivity index (χ4v) is 2.34. The predicted molar refractivity (Wildman–Crippen MR) is 69.6 cm³/mol. The lowest BCUT2D eigenvalue weighted by molar-refractivity contribution is -0.0403. The highest BCUT2D eigenvalue weighted by molar-refractivity contribution is 5.06. The lowest BCUT2D eigenvalue weighted by Crippen LogP contribution is -2.43. The van der Waals surface area contributed by atoms with Crippen molar-refractivity contribution in [3.63, 3.8) is 0 Å². The van der Waals surface area contributed by atoms with Gasteiger partial charge in [0.2, 0.25) is 5.82 Å². The monoisotopic (exact) mass is 269 g/mol. The van der Waals surface area contributed by atoms with E-state index in [9.17, 15) is 5.11 Å². The first kappa shape index (κ1) is 14.4. The molecule has 0 radical (unpaired) electrons. The first-order valence-electron chi connectivity index (χ1n) is 6.96. The van der Waals surface area contributed by atoms with Crippen molar-refractivity contribution in [2.24, 2.45) is 0 Å². The molecule has 19 heavy (non-hydrogen) atoms. The summed E-state index contributed by atoms with van der Waals surface area (Å²) < 4.78 is 11.0. The van der Waals surface area contributed by atoms with E-state index in [1.807, 2.05) is 20.8 Å². The summed E-state index contributed by atoms with van der Waals surface area (Å²) in [6.45, 7) is 7.84. The van der Waals surface area contributed by atoms with Crippen LogP contribution in [0.25, 0.3) is 0 Å². The number of nitrogens with one attached hydrogen (secondary N) is 1. The number of aromatic nitrogens is 2. The van der Waals surface area contributed by atoms with Gasteiger partial charge in [-0.1, -0.05) is 12.1 Å². The Morgan fingerprint density at radius 3 is 2.89 bits per heavy atom. The van der Waals surface area contributed by atoms with Crippen molar-refractivity contribution in [1.82, 2.24) is 15.5 Å². The van der Waals surface area contributed by atoms with Crippen molar-refractivity contribution in [2.75, 3.05) is 19.7 Å². The van der Waals surface area contributed by atoms with E-state index in [0.717, 1.165) is 19.4 Å². The predicted octanol–water partition coefficient (Wildman–Crippen LogP) is 1.30. The lowest BCUT2D eigenvalue weighted by Gasteiger charge is -2.29. The van der Waals surface area contributed by atoms with Gasteiger partial charge in [-0.25, -0.2) is 0 Å². The summed E-state index contributed by atoms with van der Waals surface area (Å²) in [5, 5.41) is 17.7. The molecule has 2 atom stereocenters. The van der Waals surface area contributed by atoms with Crippen LogP contribution in [-0.2, 0) is 15.9 Å². The third kappa shape index (κ3) is 2.80. The van der Waals surface area contributed by atoms with E-state index in [-0.39, 0.29) is 5.89 Å². The van der Waals surface area contributed by atoms with Crippen LogP contribution in [0.2, 0.25) is 0 Å². The number of hydrogen-bond acceptors (Lipinski definition) is 6. The van der Waals surface area contributed by atoms with E-state index in [1.54, 1.807) is 0 Å². The summed E-state index contributed by atoms with van der Waals surface area (Å²) in [5.74, 6) is 0.792. The number of hydrogen-bond donors (Lipinski definition) is 2. The molecule has 0 bridgehead atoms. The van der Waals surface area contributed by atoms with E-state index in [2.05, 4.69) is 15.5 Å². The molecule has 0 spiro atoms. The Hall–Kier alpha value is -0.980. The van der Waals surface area contributed by atoms with Gasteiger partial charge in [0.15, 0.2) is 5.60 Å². The lowest BCUT2D eigenvalue weighted by atomic mass is 9.94. The molecule has 0 aromatic carbocycles. The first-order valence-corrected chi connectivity index (χ1v) is 6.96. The molecule has 1 fully saturated rings. The maximum absolute atomic E-state index is 10.5. The topological polar surface area (TPSA) is 80.4 Å². The van der Waals surface area contributed by atoms with Crippen LogP contribution in [0.15, 0.2) is 4.52 Å². The van der Waals surface area contributed by atoms with E-state index in [0.29, 0.717) is 25.4 Å².